The fraction of sp³-hybridized carbons (Fsp3) is 0.208. The Kier molecular flexibility index (Phi) is 5.84. The van der Waals surface area contributed by atoms with Crippen molar-refractivity contribution in [3.8, 4) is 11.8 Å². The first-order chi connectivity index (χ1) is 14.5. The smallest absolute Gasteiger partial charge is 0.241 e. The Morgan fingerprint density at radius 1 is 0.933 bits per heavy atom. The van der Waals surface area contributed by atoms with Gasteiger partial charge in [-0.05, 0) is 60.0 Å². The van der Waals surface area contributed by atoms with Crippen LogP contribution in [0.2, 0.25) is 0 Å². The van der Waals surface area contributed by atoms with Crippen LogP contribution in [0.15, 0.2) is 71.6 Å². The molecule has 1 N–H and O–H groups in total. The maximum Gasteiger partial charge on any atom is 0.241 e. The number of piperidine rings is 1. The van der Waals surface area contributed by atoms with Crippen LogP contribution in [0.5, 0.6) is 0 Å². The molecule has 1 aliphatic rings. The number of sulfonamides is 1. The van der Waals surface area contributed by atoms with Gasteiger partial charge in [-0.1, -0.05) is 42.2 Å². The Balaban J connectivity index is 1.39. The van der Waals surface area contributed by atoms with Crippen LogP contribution < -0.4 is 9.62 Å². The Morgan fingerprint density at radius 2 is 1.70 bits per heavy atom. The predicted molar refractivity (Wildman–Crippen MR) is 119 cm³/mol. The lowest BCUT2D eigenvalue weighted by Gasteiger charge is -2.26. The number of carbonyl (C=O) groups is 1. The van der Waals surface area contributed by atoms with E-state index < -0.39 is 10.0 Å². The molecule has 6 heteroatoms. The number of benzene rings is 3. The lowest BCUT2D eigenvalue weighted by atomic mass is 10.1. The van der Waals surface area contributed by atoms with E-state index in [-0.39, 0.29) is 17.3 Å². The van der Waals surface area contributed by atoms with E-state index >= 15 is 0 Å². The number of nitrogens with zero attached hydrogens (tertiary/aromatic N) is 1. The van der Waals surface area contributed by atoms with Crippen LogP contribution in [-0.4, -0.2) is 27.4 Å². The Bertz CT molecular complexity index is 1240. The first kappa shape index (κ1) is 20.1. The van der Waals surface area contributed by atoms with Gasteiger partial charge in [-0.25, -0.2) is 8.42 Å². The number of hydrogen-bond donors (Lipinski definition) is 1. The minimum atomic E-state index is -3.63. The molecule has 0 bridgehead atoms. The normalized spacial score (nSPS) is 14.4. The van der Waals surface area contributed by atoms with Crippen molar-refractivity contribution in [1.29, 1.82) is 0 Å². The molecule has 0 radical (unpaired) electrons. The fourth-order valence-corrected chi connectivity index (χ4v) is 4.46. The van der Waals surface area contributed by atoms with Crippen molar-refractivity contribution in [3.05, 3.63) is 72.3 Å². The topological polar surface area (TPSA) is 66.5 Å². The van der Waals surface area contributed by atoms with Gasteiger partial charge < -0.3 is 4.90 Å². The summed E-state index contributed by atoms with van der Waals surface area (Å²) in [4.78, 5) is 14.0. The largest absolute Gasteiger partial charge is 0.312 e. The van der Waals surface area contributed by atoms with E-state index in [2.05, 4.69) is 16.6 Å². The van der Waals surface area contributed by atoms with E-state index in [1.54, 1.807) is 23.1 Å². The van der Waals surface area contributed by atoms with Gasteiger partial charge in [-0.15, -0.1) is 0 Å². The molecular formula is C24H22N2O3S. The van der Waals surface area contributed by atoms with Gasteiger partial charge in [0.2, 0.25) is 15.9 Å². The number of anilines is 1. The summed E-state index contributed by atoms with van der Waals surface area (Å²) in [6, 6.07) is 20.1. The number of carbonyl (C=O) groups excluding carboxylic acids is 1. The van der Waals surface area contributed by atoms with Crippen LogP contribution in [0.1, 0.15) is 24.8 Å². The third-order valence-corrected chi connectivity index (χ3v) is 6.52. The molecule has 3 aromatic carbocycles. The van der Waals surface area contributed by atoms with Crippen molar-refractivity contribution in [1.82, 2.24) is 4.72 Å². The summed E-state index contributed by atoms with van der Waals surface area (Å²) in [5, 5.41) is 1.87. The average molecular weight is 419 g/mol. The van der Waals surface area contributed by atoms with Crippen LogP contribution in [0.4, 0.5) is 5.69 Å². The zero-order chi connectivity index (χ0) is 21.0. The highest BCUT2D eigenvalue weighted by molar-refractivity contribution is 7.89. The van der Waals surface area contributed by atoms with Gasteiger partial charge in [-0.3, -0.25) is 4.79 Å². The number of fused-ring (bicyclic) bond motifs is 1. The molecule has 0 saturated carbocycles. The molecular weight excluding hydrogens is 396 g/mol. The van der Waals surface area contributed by atoms with Gasteiger partial charge in [0.1, 0.15) is 0 Å². The third-order valence-electron chi connectivity index (χ3n) is 5.12. The van der Waals surface area contributed by atoms with Crippen LogP contribution in [0.3, 0.4) is 0 Å². The van der Waals surface area contributed by atoms with E-state index in [0.717, 1.165) is 41.4 Å². The summed E-state index contributed by atoms with van der Waals surface area (Å²) in [6.45, 7) is 0.766. The molecule has 152 valence electrons. The molecule has 0 unspecified atom stereocenters. The molecule has 1 amide bonds. The van der Waals surface area contributed by atoms with Gasteiger partial charge in [0.15, 0.2) is 0 Å². The maximum atomic E-state index is 12.5. The highest BCUT2D eigenvalue weighted by atomic mass is 32.2. The predicted octanol–water partition coefficient (Wildman–Crippen LogP) is 3.69. The molecule has 0 aromatic heterocycles. The van der Waals surface area contributed by atoms with Crippen molar-refractivity contribution < 1.29 is 13.2 Å². The van der Waals surface area contributed by atoms with Gasteiger partial charge >= 0.3 is 0 Å². The van der Waals surface area contributed by atoms with E-state index in [9.17, 15) is 13.2 Å². The summed E-state index contributed by atoms with van der Waals surface area (Å²) in [6.07, 6.45) is 2.57. The van der Waals surface area contributed by atoms with Crippen molar-refractivity contribution in [2.75, 3.05) is 18.0 Å². The number of hydrogen-bond acceptors (Lipinski definition) is 3. The Labute approximate surface area is 176 Å². The van der Waals surface area contributed by atoms with Crippen LogP contribution in [0, 0.1) is 11.8 Å². The molecule has 0 atom stereocenters. The van der Waals surface area contributed by atoms with Crippen LogP contribution >= 0.6 is 0 Å². The first-order valence-corrected chi connectivity index (χ1v) is 11.4. The van der Waals surface area contributed by atoms with Gasteiger partial charge in [0.05, 0.1) is 11.4 Å². The standard InChI is InChI=1S/C24H22N2O3S/c27-24-9-3-4-17-26(24)22-13-10-19(11-14-22)6-5-16-25-30(28,29)23-15-12-20-7-1-2-8-21(20)18-23/h1-2,7-8,10-15,18,25H,3-4,9,16-17H2. The van der Waals surface area contributed by atoms with E-state index in [4.69, 9.17) is 0 Å². The third kappa shape index (κ3) is 4.54. The zero-order valence-electron chi connectivity index (χ0n) is 16.5. The van der Waals surface area contributed by atoms with Crippen molar-refractivity contribution in [2.24, 2.45) is 0 Å². The maximum absolute atomic E-state index is 12.5. The van der Waals surface area contributed by atoms with Gasteiger partial charge in [0, 0.05) is 24.2 Å². The molecule has 1 fully saturated rings. The van der Waals surface area contributed by atoms with Crippen molar-refractivity contribution in [2.45, 2.75) is 24.2 Å². The molecule has 1 saturated heterocycles. The first-order valence-electron chi connectivity index (χ1n) is 9.91. The molecule has 4 rings (SSSR count). The van der Waals surface area contributed by atoms with Crippen LogP contribution in [0.25, 0.3) is 10.8 Å². The highest BCUT2D eigenvalue weighted by Gasteiger charge is 2.19. The zero-order valence-corrected chi connectivity index (χ0v) is 17.3. The fourth-order valence-electron chi connectivity index (χ4n) is 3.50. The van der Waals surface area contributed by atoms with E-state index in [1.165, 1.54) is 0 Å². The second-order valence-electron chi connectivity index (χ2n) is 7.18. The summed E-state index contributed by atoms with van der Waals surface area (Å²) in [5.74, 6) is 5.97. The SMILES string of the molecule is O=C1CCCCN1c1ccc(C#CCNS(=O)(=O)c2ccc3ccccc3c2)cc1. The summed E-state index contributed by atoms with van der Waals surface area (Å²) < 4.78 is 27.6. The second-order valence-corrected chi connectivity index (χ2v) is 8.95. The van der Waals surface area contributed by atoms with Crippen molar-refractivity contribution in [3.63, 3.8) is 0 Å². The molecule has 30 heavy (non-hydrogen) atoms. The lowest BCUT2D eigenvalue weighted by molar-refractivity contribution is -0.119. The molecule has 1 heterocycles. The molecule has 1 aliphatic heterocycles. The summed E-state index contributed by atoms with van der Waals surface area (Å²) in [7, 11) is -3.63. The van der Waals surface area contributed by atoms with E-state index in [0.29, 0.717) is 6.42 Å². The Hall–Kier alpha value is -3.14. The van der Waals surface area contributed by atoms with Crippen LogP contribution in [-0.2, 0) is 14.8 Å². The highest BCUT2D eigenvalue weighted by Crippen LogP contribution is 2.21. The Morgan fingerprint density at radius 3 is 2.47 bits per heavy atom. The quantitative estimate of drug-likeness (QED) is 0.657. The average Bonchev–Trinajstić information content (AvgIpc) is 2.77. The number of rotatable bonds is 4. The summed E-state index contributed by atoms with van der Waals surface area (Å²) in [5.41, 5.74) is 1.65. The van der Waals surface area contributed by atoms with Gasteiger partial charge in [-0.2, -0.15) is 4.72 Å². The van der Waals surface area contributed by atoms with E-state index in [1.807, 2.05) is 48.5 Å². The molecule has 0 spiro atoms. The molecule has 0 aliphatic carbocycles. The minimum absolute atomic E-state index is 0.0154. The minimum Gasteiger partial charge on any atom is -0.312 e. The second kappa shape index (κ2) is 8.70. The number of nitrogens with one attached hydrogen (secondary N) is 1. The van der Waals surface area contributed by atoms with Crippen molar-refractivity contribution >= 4 is 32.4 Å². The molecule has 5 nitrogen and oxygen atoms in total. The summed E-state index contributed by atoms with van der Waals surface area (Å²) >= 11 is 0. The molecule has 3 aromatic rings. The number of amides is 1. The van der Waals surface area contributed by atoms with Gasteiger partial charge in [0.25, 0.3) is 0 Å². The monoisotopic (exact) mass is 418 g/mol. The lowest BCUT2D eigenvalue weighted by Crippen LogP contribution is -2.35.